The van der Waals surface area contributed by atoms with Crippen molar-refractivity contribution in [3.63, 3.8) is 0 Å². The van der Waals surface area contributed by atoms with Crippen LogP contribution in [0.15, 0.2) is 34.8 Å². The normalized spacial score (nSPS) is 14.2. The number of halogens is 2. The highest BCUT2D eigenvalue weighted by atomic mass is 79.9. The first-order chi connectivity index (χ1) is 12.5. The lowest BCUT2D eigenvalue weighted by atomic mass is 10.1. The minimum absolute atomic E-state index is 0.216. The molecule has 0 unspecified atom stereocenters. The summed E-state index contributed by atoms with van der Waals surface area (Å²) in [6.07, 6.45) is 3.51. The third kappa shape index (κ3) is 3.99. The number of aryl methyl sites for hydroxylation is 1. The third-order valence-electron chi connectivity index (χ3n) is 4.60. The number of nitrogens with one attached hydrogen (secondary N) is 1. The van der Waals surface area contributed by atoms with Gasteiger partial charge in [-0.25, -0.2) is 0 Å². The molecule has 0 aliphatic carbocycles. The van der Waals surface area contributed by atoms with Crippen LogP contribution in [0.1, 0.15) is 35.2 Å². The van der Waals surface area contributed by atoms with Crippen LogP contribution in [0.3, 0.4) is 0 Å². The van der Waals surface area contributed by atoms with Gasteiger partial charge >= 0.3 is 0 Å². The quantitative estimate of drug-likeness (QED) is 0.671. The number of hydrogen-bond acceptors (Lipinski definition) is 3. The molecule has 0 atom stereocenters. The van der Waals surface area contributed by atoms with E-state index >= 15 is 0 Å². The van der Waals surface area contributed by atoms with Crippen molar-refractivity contribution in [3.05, 3.63) is 51.0 Å². The minimum Gasteiger partial charge on any atom is -0.496 e. The van der Waals surface area contributed by atoms with Gasteiger partial charge in [0, 0.05) is 17.6 Å². The first kappa shape index (κ1) is 19.1. The summed E-state index contributed by atoms with van der Waals surface area (Å²) in [7, 11) is 1.57. The van der Waals surface area contributed by atoms with Gasteiger partial charge in [0.1, 0.15) is 5.75 Å². The molecule has 138 valence electrons. The highest BCUT2D eigenvalue weighted by Gasteiger charge is 2.21. The zero-order chi connectivity index (χ0) is 18.7. The summed E-state index contributed by atoms with van der Waals surface area (Å²) < 4.78 is 6.28. The largest absolute Gasteiger partial charge is 0.496 e. The maximum absolute atomic E-state index is 13.0. The third-order valence-corrected chi connectivity index (χ3v) is 5.36. The lowest BCUT2D eigenvalue weighted by Gasteiger charge is -2.31. The van der Waals surface area contributed by atoms with Crippen LogP contribution in [0, 0.1) is 6.92 Å². The summed E-state index contributed by atoms with van der Waals surface area (Å²) in [5, 5.41) is 3.68. The number of methoxy groups -OCH3 is 1. The number of benzene rings is 2. The van der Waals surface area contributed by atoms with Gasteiger partial charge in [-0.2, -0.15) is 0 Å². The smallest absolute Gasteiger partial charge is 0.259 e. The fourth-order valence-corrected chi connectivity index (χ4v) is 4.28. The number of nitrogens with zero attached hydrogens (tertiary/aromatic N) is 1. The Morgan fingerprint density at radius 3 is 2.65 bits per heavy atom. The van der Waals surface area contributed by atoms with Crippen molar-refractivity contribution < 1.29 is 9.53 Å². The van der Waals surface area contributed by atoms with Gasteiger partial charge in [-0.15, -0.1) is 0 Å². The molecule has 1 heterocycles. The molecule has 1 amide bonds. The molecule has 0 saturated carbocycles. The Balaban J connectivity index is 1.95. The van der Waals surface area contributed by atoms with E-state index in [-0.39, 0.29) is 5.91 Å². The molecular weight excluding hydrogens is 416 g/mol. The average Bonchev–Trinajstić information content (AvgIpc) is 2.62. The number of rotatable bonds is 4. The van der Waals surface area contributed by atoms with Gasteiger partial charge in [-0.3, -0.25) is 4.79 Å². The van der Waals surface area contributed by atoms with Crippen LogP contribution < -0.4 is 15.0 Å². The molecule has 1 aliphatic heterocycles. The second kappa shape index (κ2) is 8.31. The number of para-hydroxylation sites is 1. The maximum atomic E-state index is 13.0. The van der Waals surface area contributed by atoms with E-state index in [1.807, 2.05) is 31.2 Å². The maximum Gasteiger partial charge on any atom is 0.259 e. The van der Waals surface area contributed by atoms with Gasteiger partial charge < -0.3 is 15.0 Å². The zero-order valence-electron chi connectivity index (χ0n) is 14.9. The topological polar surface area (TPSA) is 41.6 Å². The molecule has 1 aliphatic rings. The van der Waals surface area contributed by atoms with Crippen LogP contribution in [0.4, 0.5) is 11.4 Å². The molecule has 3 rings (SSSR count). The Morgan fingerprint density at radius 1 is 1.23 bits per heavy atom. The number of carbonyl (C=O) groups is 1. The van der Waals surface area contributed by atoms with Crippen molar-refractivity contribution in [2.75, 3.05) is 30.4 Å². The van der Waals surface area contributed by atoms with Gasteiger partial charge in [0.25, 0.3) is 5.91 Å². The predicted molar refractivity (Wildman–Crippen MR) is 111 cm³/mol. The Morgan fingerprint density at radius 2 is 1.96 bits per heavy atom. The fraction of sp³-hybridized carbons (Fsp3) is 0.350. The van der Waals surface area contributed by atoms with Gasteiger partial charge in [0.2, 0.25) is 0 Å². The van der Waals surface area contributed by atoms with E-state index in [2.05, 4.69) is 26.1 Å². The van der Waals surface area contributed by atoms with E-state index in [9.17, 15) is 4.79 Å². The van der Waals surface area contributed by atoms with Crippen molar-refractivity contribution in [1.82, 2.24) is 0 Å². The highest BCUT2D eigenvalue weighted by molar-refractivity contribution is 9.10. The van der Waals surface area contributed by atoms with E-state index in [0.29, 0.717) is 16.3 Å². The summed E-state index contributed by atoms with van der Waals surface area (Å²) in [4.78, 5) is 15.2. The van der Waals surface area contributed by atoms with Gasteiger partial charge in [-0.1, -0.05) is 33.6 Å². The van der Waals surface area contributed by atoms with E-state index < -0.39 is 0 Å². The summed E-state index contributed by atoms with van der Waals surface area (Å²) in [5.74, 6) is 0.360. The van der Waals surface area contributed by atoms with Crippen molar-refractivity contribution >= 4 is 44.8 Å². The van der Waals surface area contributed by atoms with Crippen molar-refractivity contribution in [2.45, 2.75) is 26.2 Å². The van der Waals surface area contributed by atoms with E-state index in [1.165, 1.54) is 6.42 Å². The molecule has 2 aromatic carbocycles. The number of anilines is 2. The van der Waals surface area contributed by atoms with E-state index in [4.69, 9.17) is 16.3 Å². The van der Waals surface area contributed by atoms with Crippen LogP contribution >= 0.6 is 27.5 Å². The number of amides is 1. The number of carbonyl (C=O) groups excluding carboxylic acids is 1. The van der Waals surface area contributed by atoms with E-state index in [1.54, 1.807) is 13.2 Å². The highest BCUT2D eigenvalue weighted by Crippen LogP contribution is 2.36. The first-order valence-corrected chi connectivity index (χ1v) is 9.87. The van der Waals surface area contributed by atoms with Crippen molar-refractivity contribution in [3.8, 4) is 5.75 Å². The fourth-order valence-electron chi connectivity index (χ4n) is 3.41. The van der Waals surface area contributed by atoms with Gasteiger partial charge in [-0.05, 0) is 56.0 Å². The standard InChI is InChI=1S/C20H22BrClN2O2/c1-13-11-14(21)12-15(19(13)26-2)20(25)23-17-8-6-7-16(22)18(17)24-9-4-3-5-10-24/h6-8,11-12H,3-5,9-10H2,1-2H3,(H,23,25). The lowest BCUT2D eigenvalue weighted by Crippen LogP contribution is -2.30. The summed E-state index contributed by atoms with van der Waals surface area (Å²) in [6, 6.07) is 9.31. The monoisotopic (exact) mass is 436 g/mol. The van der Waals surface area contributed by atoms with Crippen LogP contribution in [0.2, 0.25) is 5.02 Å². The molecular formula is C20H22BrClN2O2. The predicted octanol–water partition coefficient (Wildman–Crippen LogP) is 5.66. The van der Waals surface area contributed by atoms with Gasteiger partial charge in [0.05, 0.1) is 29.1 Å². The Bertz CT molecular complexity index is 820. The zero-order valence-corrected chi connectivity index (χ0v) is 17.3. The summed E-state index contributed by atoms with van der Waals surface area (Å²) in [6.45, 7) is 3.82. The molecule has 0 aromatic heterocycles. The number of piperidine rings is 1. The lowest BCUT2D eigenvalue weighted by molar-refractivity contribution is 0.102. The van der Waals surface area contributed by atoms with Crippen molar-refractivity contribution in [1.29, 1.82) is 0 Å². The number of ether oxygens (including phenoxy) is 1. The second-order valence-electron chi connectivity index (χ2n) is 6.44. The summed E-state index contributed by atoms with van der Waals surface area (Å²) >= 11 is 9.93. The molecule has 26 heavy (non-hydrogen) atoms. The van der Waals surface area contributed by atoms with Crippen LogP contribution in [-0.4, -0.2) is 26.1 Å². The van der Waals surface area contributed by atoms with Crippen LogP contribution in [0.25, 0.3) is 0 Å². The molecule has 0 bridgehead atoms. The molecule has 2 aromatic rings. The Labute approximate surface area is 167 Å². The van der Waals surface area contributed by atoms with Crippen molar-refractivity contribution in [2.24, 2.45) is 0 Å². The SMILES string of the molecule is COc1c(C)cc(Br)cc1C(=O)Nc1cccc(Cl)c1N1CCCCC1. The average molecular weight is 438 g/mol. The molecule has 6 heteroatoms. The molecule has 1 fully saturated rings. The van der Waals surface area contributed by atoms with Gasteiger partial charge in [0.15, 0.2) is 0 Å². The van der Waals surface area contributed by atoms with Crippen LogP contribution in [0.5, 0.6) is 5.75 Å². The molecule has 4 nitrogen and oxygen atoms in total. The van der Waals surface area contributed by atoms with Crippen LogP contribution in [-0.2, 0) is 0 Å². The first-order valence-electron chi connectivity index (χ1n) is 8.70. The Hall–Kier alpha value is -1.72. The minimum atomic E-state index is -0.216. The molecule has 1 saturated heterocycles. The Kier molecular flexibility index (Phi) is 6.09. The second-order valence-corrected chi connectivity index (χ2v) is 7.76. The molecule has 0 radical (unpaired) electrons. The molecule has 1 N–H and O–H groups in total. The summed E-state index contributed by atoms with van der Waals surface area (Å²) in [5.41, 5.74) is 3.01. The number of hydrogen-bond donors (Lipinski definition) is 1. The van der Waals surface area contributed by atoms with E-state index in [0.717, 1.165) is 47.3 Å². The molecule has 0 spiro atoms.